The van der Waals surface area contributed by atoms with Crippen molar-refractivity contribution in [3.63, 3.8) is 0 Å². The second kappa shape index (κ2) is 7.52. The Bertz CT molecular complexity index is 1130. The van der Waals surface area contributed by atoms with Gasteiger partial charge in [0, 0.05) is 12.2 Å². The van der Waals surface area contributed by atoms with Crippen LogP contribution in [0.25, 0.3) is 0 Å². The van der Waals surface area contributed by atoms with Crippen LogP contribution in [0, 0.1) is 0 Å². The van der Waals surface area contributed by atoms with Crippen LogP contribution in [-0.2, 0) is 32.6 Å². The standard InChI is InChI=1S/C18H19F3N2O4S2/c1-2-28(24,25)23-10-4-5-13-11-15(8-9-17(13)23)22-29(26,27)16-7-3-6-14(12-16)18(19,20)21/h3,6-9,11-12,22H,2,4-5,10H2,1H3. The molecule has 0 spiro atoms. The van der Waals surface area contributed by atoms with Crippen LogP contribution in [0.4, 0.5) is 24.5 Å². The van der Waals surface area contributed by atoms with Crippen molar-refractivity contribution in [3.05, 3.63) is 53.6 Å². The minimum Gasteiger partial charge on any atom is -0.280 e. The number of fused-ring (bicyclic) bond motifs is 1. The van der Waals surface area contributed by atoms with E-state index in [1.54, 1.807) is 6.92 Å². The third-order valence-electron chi connectivity index (χ3n) is 4.58. The lowest BCUT2D eigenvalue weighted by Crippen LogP contribution is -2.36. The molecule has 0 saturated carbocycles. The minimum atomic E-state index is -4.66. The first-order valence-electron chi connectivity index (χ1n) is 8.77. The van der Waals surface area contributed by atoms with Gasteiger partial charge in [-0.2, -0.15) is 13.2 Å². The average molecular weight is 448 g/mol. The SMILES string of the molecule is CCS(=O)(=O)N1CCCc2cc(NS(=O)(=O)c3cccc(C(F)(F)F)c3)ccc21. The second-order valence-corrected chi connectivity index (χ2v) is 10.4. The molecule has 1 N–H and O–H groups in total. The summed E-state index contributed by atoms with van der Waals surface area (Å²) in [4.78, 5) is -0.514. The zero-order valence-corrected chi connectivity index (χ0v) is 17.0. The Morgan fingerprint density at radius 1 is 1.07 bits per heavy atom. The number of halogens is 3. The highest BCUT2D eigenvalue weighted by Gasteiger charge is 2.32. The lowest BCUT2D eigenvalue weighted by atomic mass is 10.0. The fraction of sp³-hybridized carbons (Fsp3) is 0.333. The molecule has 3 rings (SSSR count). The number of sulfonamides is 2. The quantitative estimate of drug-likeness (QED) is 0.758. The Kier molecular flexibility index (Phi) is 5.56. The summed E-state index contributed by atoms with van der Waals surface area (Å²) in [5.41, 5.74) is 0.223. The van der Waals surface area contributed by atoms with E-state index in [9.17, 15) is 30.0 Å². The summed E-state index contributed by atoms with van der Waals surface area (Å²) in [7, 11) is -7.71. The zero-order chi connectivity index (χ0) is 21.4. The molecule has 29 heavy (non-hydrogen) atoms. The highest BCUT2D eigenvalue weighted by atomic mass is 32.2. The number of rotatable bonds is 5. The summed E-state index contributed by atoms with van der Waals surface area (Å²) in [6.07, 6.45) is -3.52. The number of benzene rings is 2. The molecule has 1 heterocycles. The van der Waals surface area contributed by atoms with Crippen LogP contribution in [0.3, 0.4) is 0 Å². The van der Waals surface area contributed by atoms with Crippen LogP contribution >= 0.6 is 0 Å². The molecule has 0 unspecified atom stereocenters. The van der Waals surface area contributed by atoms with Gasteiger partial charge in [0.15, 0.2) is 0 Å². The number of anilines is 2. The van der Waals surface area contributed by atoms with Gasteiger partial charge in [-0.15, -0.1) is 0 Å². The fourth-order valence-corrected chi connectivity index (χ4v) is 5.42. The van der Waals surface area contributed by atoms with E-state index in [0.717, 1.165) is 18.2 Å². The molecule has 2 aromatic rings. The fourth-order valence-electron chi connectivity index (χ4n) is 3.12. The molecule has 6 nitrogen and oxygen atoms in total. The molecule has 1 aliphatic rings. The molecule has 2 aromatic carbocycles. The normalized spacial score (nSPS) is 15.1. The summed E-state index contributed by atoms with van der Waals surface area (Å²) in [5.74, 6) is -0.0592. The van der Waals surface area contributed by atoms with E-state index in [1.807, 2.05) is 0 Å². The van der Waals surface area contributed by atoms with Gasteiger partial charge in [-0.05, 0) is 61.7 Å². The molecule has 0 fully saturated rings. The van der Waals surface area contributed by atoms with Crippen molar-refractivity contribution in [1.29, 1.82) is 0 Å². The van der Waals surface area contributed by atoms with E-state index < -0.39 is 36.7 Å². The molecular weight excluding hydrogens is 429 g/mol. The molecular formula is C18H19F3N2O4S2. The summed E-state index contributed by atoms with van der Waals surface area (Å²) in [6, 6.07) is 7.87. The summed E-state index contributed by atoms with van der Waals surface area (Å²) in [5, 5.41) is 0. The number of hydrogen-bond donors (Lipinski definition) is 1. The lowest BCUT2D eigenvalue weighted by molar-refractivity contribution is -0.137. The summed E-state index contributed by atoms with van der Waals surface area (Å²) >= 11 is 0. The zero-order valence-electron chi connectivity index (χ0n) is 15.4. The molecule has 0 saturated heterocycles. The smallest absolute Gasteiger partial charge is 0.280 e. The van der Waals surface area contributed by atoms with Crippen molar-refractivity contribution in [1.82, 2.24) is 0 Å². The summed E-state index contributed by atoms with van der Waals surface area (Å²) in [6.45, 7) is 1.89. The first kappa shape index (κ1) is 21.4. The van der Waals surface area contributed by atoms with Crippen LogP contribution in [0.1, 0.15) is 24.5 Å². The van der Waals surface area contributed by atoms with Crippen molar-refractivity contribution in [2.45, 2.75) is 30.8 Å². The van der Waals surface area contributed by atoms with Crippen molar-refractivity contribution < 1.29 is 30.0 Å². The van der Waals surface area contributed by atoms with E-state index in [-0.39, 0.29) is 11.4 Å². The third-order valence-corrected chi connectivity index (χ3v) is 7.74. The van der Waals surface area contributed by atoms with Gasteiger partial charge in [-0.3, -0.25) is 9.03 Å². The highest BCUT2D eigenvalue weighted by Crippen LogP contribution is 2.33. The van der Waals surface area contributed by atoms with Crippen LogP contribution in [0.5, 0.6) is 0 Å². The van der Waals surface area contributed by atoms with E-state index >= 15 is 0 Å². The molecule has 11 heteroatoms. The van der Waals surface area contributed by atoms with E-state index in [0.29, 0.717) is 36.7 Å². The number of nitrogens with one attached hydrogen (secondary N) is 1. The van der Waals surface area contributed by atoms with Gasteiger partial charge >= 0.3 is 6.18 Å². The Morgan fingerprint density at radius 2 is 1.79 bits per heavy atom. The highest BCUT2D eigenvalue weighted by molar-refractivity contribution is 7.93. The van der Waals surface area contributed by atoms with Crippen molar-refractivity contribution in [2.24, 2.45) is 0 Å². The van der Waals surface area contributed by atoms with E-state index in [4.69, 9.17) is 0 Å². The van der Waals surface area contributed by atoms with Gasteiger partial charge in [-0.25, -0.2) is 16.8 Å². The van der Waals surface area contributed by atoms with Gasteiger partial charge in [0.1, 0.15) is 0 Å². The number of alkyl halides is 3. The Labute approximate surface area is 167 Å². The Hall–Kier alpha value is -2.27. The van der Waals surface area contributed by atoms with Crippen LogP contribution in [0.2, 0.25) is 0 Å². The predicted octanol–water partition coefficient (Wildman–Crippen LogP) is 3.61. The monoisotopic (exact) mass is 448 g/mol. The Balaban J connectivity index is 1.92. The Morgan fingerprint density at radius 3 is 2.45 bits per heavy atom. The predicted molar refractivity (Wildman–Crippen MR) is 104 cm³/mol. The van der Waals surface area contributed by atoms with Gasteiger partial charge in [-0.1, -0.05) is 6.07 Å². The molecule has 158 valence electrons. The molecule has 0 radical (unpaired) electrons. The van der Waals surface area contributed by atoms with Crippen LogP contribution in [0.15, 0.2) is 47.4 Å². The summed E-state index contributed by atoms with van der Waals surface area (Å²) < 4.78 is 91.7. The van der Waals surface area contributed by atoms with Crippen molar-refractivity contribution >= 4 is 31.4 Å². The van der Waals surface area contributed by atoms with E-state index in [1.165, 1.54) is 22.5 Å². The minimum absolute atomic E-state index is 0.0592. The largest absolute Gasteiger partial charge is 0.416 e. The first-order chi connectivity index (χ1) is 13.4. The van der Waals surface area contributed by atoms with Crippen molar-refractivity contribution in [2.75, 3.05) is 21.3 Å². The molecule has 0 bridgehead atoms. The van der Waals surface area contributed by atoms with Crippen molar-refractivity contribution in [3.8, 4) is 0 Å². The maximum Gasteiger partial charge on any atom is 0.416 e. The molecule has 0 atom stereocenters. The molecule has 0 aliphatic carbocycles. The van der Waals surface area contributed by atoms with E-state index in [2.05, 4.69) is 4.72 Å². The third kappa shape index (κ3) is 4.50. The second-order valence-electron chi connectivity index (χ2n) is 6.55. The number of aryl methyl sites for hydroxylation is 1. The first-order valence-corrected chi connectivity index (χ1v) is 11.9. The number of nitrogens with zero attached hydrogens (tertiary/aromatic N) is 1. The number of hydrogen-bond acceptors (Lipinski definition) is 4. The topological polar surface area (TPSA) is 83.6 Å². The molecule has 0 aromatic heterocycles. The maximum atomic E-state index is 12.9. The van der Waals surface area contributed by atoms with Gasteiger partial charge in [0.25, 0.3) is 10.0 Å². The lowest BCUT2D eigenvalue weighted by Gasteiger charge is -2.30. The van der Waals surface area contributed by atoms with Gasteiger partial charge in [0.2, 0.25) is 10.0 Å². The molecule has 0 amide bonds. The van der Waals surface area contributed by atoms with Crippen LogP contribution in [-0.4, -0.2) is 29.1 Å². The van der Waals surface area contributed by atoms with Gasteiger partial charge < -0.3 is 0 Å². The van der Waals surface area contributed by atoms with Gasteiger partial charge in [0.05, 0.1) is 21.9 Å². The molecule has 1 aliphatic heterocycles. The average Bonchev–Trinajstić information content (AvgIpc) is 2.66. The van der Waals surface area contributed by atoms with Crippen LogP contribution < -0.4 is 9.03 Å². The maximum absolute atomic E-state index is 12.9.